The molecule has 20 heteroatoms. The summed E-state index contributed by atoms with van der Waals surface area (Å²) in [5.41, 5.74) is 24.4. The van der Waals surface area contributed by atoms with Crippen molar-refractivity contribution in [1.82, 2.24) is 80.2 Å². The van der Waals surface area contributed by atoms with Gasteiger partial charge < -0.3 is 19.6 Å². The summed E-state index contributed by atoms with van der Waals surface area (Å²) < 4.78 is 0. The Hall–Kier alpha value is -14.4. The largest absolute Gasteiger partial charge is 0.308 e. The third-order valence-corrected chi connectivity index (χ3v) is 23.6. The summed E-state index contributed by atoms with van der Waals surface area (Å²) in [4.78, 5) is 70.1. The normalized spacial score (nSPS) is 11.9. The first-order chi connectivity index (χ1) is 57.3. The Bertz CT molecular complexity index is 6150. The van der Waals surface area contributed by atoms with Crippen LogP contribution in [0.3, 0.4) is 0 Å². The fourth-order valence-corrected chi connectivity index (χ4v) is 18.2. The lowest BCUT2D eigenvalue weighted by molar-refractivity contribution is 1.04. The maximum Gasteiger partial charge on any atom is 0.116 e. The summed E-state index contributed by atoms with van der Waals surface area (Å²) in [6.07, 6.45) is 34.7. The van der Waals surface area contributed by atoms with Gasteiger partial charge in [0.2, 0.25) is 0 Å². The second-order valence-corrected chi connectivity index (χ2v) is 29.4. The van der Waals surface area contributed by atoms with Gasteiger partial charge in [-0.15, -0.1) is 0 Å². The Labute approximate surface area is 668 Å². The fraction of sp³-hybridized carbons (Fsp3) is 0.167. The van der Waals surface area contributed by atoms with E-state index in [1.165, 1.54) is 0 Å². The number of anilines is 12. The average molecular weight is 1510 g/mol. The van der Waals surface area contributed by atoms with Gasteiger partial charge in [-0.25, -0.2) is 59.8 Å². The van der Waals surface area contributed by atoms with Gasteiger partial charge >= 0.3 is 0 Å². The summed E-state index contributed by atoms with van der Waals surface area (Å²) in [5, 5.41) is 33.4. The van der Waals surface area contributed by atoms with Gasteiger partial charge in [0.25, 0.3) is 0 Å². The van der Waals surface area contributed by atoms with E-state index in [1.807, 2.05) is 62.0 Å². The highest BCUT2D eigenvalue weighted by Crippen LogP contribution is 2.60. The highest BCUT2D eigenvalue weighted by atomic mass is 15.2. The Morgan fingerprint density at radius 3 is 0.612 bits per heavy atom. The Morgan fingerprint density at radius 1 is 0.198 bits per heavy atom. The van der Waals surface area contributed by atoms with Crippen LogP contribution in [0.4, 0.5) is 68.2 Å². The van der Waals surface area contributed by atoms with E-state index >= 15 is 0 Å². The summed E-state index contributed by atoms with van der Waals surface area (Å²) in [7, 11) is 0. The quantitative estimate of drug-likeness (QED) is 0.0648. The third kappa shape index (κ3) is 11.1. The monoisotopic (exact) mass is 1510 g/mol. The summed E-state index contributed by atoms with van der Waals surface area (Å²) >= 11 is 0. The number of hydrogen-bond acceptors (Lipinski definition) is 20. The zero-order valence-electron chi connectivity index (χ0n) is 65.5. The van der Waals surface area contributed by atoms with E-state index in [0.717, 1.165) is 232 Å². The maximum absolute atomic E-state index is 5.09. The van der Waals surface area contributed by atoms with E-state index in [1.54, 1.807) is 38.0 Å². The Kier molecular flexibility index (Phi) is 17.7. The molecule has 0 spiro atoms. The van der Waals surface area contributed by atoms with E-state index in [2.05, 4.69) is 219 Å². The minimum absolute atomic E-state index is 0.658. The molecule has 20 nitrogen and oxygen atoms in total. The lowest BCUT2D eigenvalue weighted by Gasteiger charge is -2.38. The van der Waals surface area contributed by atoms with Crippen molar-refractivity contribution in [2.24, 2.45) is 0 Å². The second-order valence-electron chi connectivity index (χ2n) is 29.4. The molecule has 0 saturated heterocycles. The lowest BCUT2D eigenvalue weighted by atomic mass is 9.87. The predicted molar refractivity (Wildman–Crippen MR) is 469 cm³/mol. The smallest absolute Gasteiger partial charge is 0.116 e. The topological polar surface area (TPSA) is 219 Å². The fourth-order valence-electron chi connectivity index (χ4n) is 18.2. The van der Waals surface area contributed by atoms with E-state index in [9.17, 15) is 0 Å². The molecule has 0 unspecified atom stereocenters. The molecule has 20 aromatic rings. The Morgan fingerprint density at radius 2 is 0.397 bits per heavy atom. The van der Waals surface area contributed by atoms with Crippen molar-refractivity contribution >= 4 is 188 Å². The van der Waals surface area contributed by atoms with Crippen molar-refractivity contribution in [1.29, 1.82) is 0 Å². The van der Waals surface area contributed by atoms with Crippen LogP contribution in [-0.2, 0) is 51.4 Å². The van der Waals surface area contributed by atoms with Crippen LogP contribution in [0, 0.1) is 0 Å². The first-order valence-corrected chi connectivity index (χ1v) is 40.0. The van der Waals surface area contributed by atoms with Gasteiger partial charge in [0.15, 0.2) is 0 Å². The van der Waals surface area contributed by atoms with E-state index in [4.69, 9.17) is 70.0 Å². The van der Waals surface area contributed by atoms with Crippen molar-refractivity contribution in [3.05, 3.63) is 278 Å². The van der Waals surface area contributed by atoms with Crippen molar-refractivity contribution in [3.63, 3.8) is 0 Å². The third-order valence-electron chi connectivity index (χ3n) is 23.6. The highest BCUT2D eigenvalue weighted by molar-refractivity contribution is 6.35. The molecule has 20 rings (SSSR count). The van der Waals surface area contributed by atoms with E-state index in [-0.39, 0.29) is 0 Å². The Balaban J connectivity index is 1.09. The van der Waals surface area contributed by atoms with Crippen molar-refractivity contribution in [3.8, 4) is 0 Å². The molecule has 0 saturated carbocycles. The molecule has 0 aliphatic rings. The van der Waals surface area contributed by atoms with Crippen LogP contribution in [0.25, 0.3) is 119 Å². The van der Waals surface area contributed by atoms with Crippen molar-refractivity contribution < 1.29 is 0 Å². The molecule has 8 heterocycles. The van der Waals surface area contributed by atoms with E-state index in [0.29, 0.717) is 51.4 Å². The van der Waals surface area contributed by atoms with Gasteiger partial charge in [0.1, 0.15) is 38.0 Å². The molecular weight excluding hydrogens is 1430 g/mol. The van der Waals surface area contributed by atoms with Crippen molar-refractivity contribution in [2.75, 3.05) is 19.6 Å². The molecule has 0 radical (unpaired) electrons. The molecule has 0 aliphatic carbocycles. The van der Waals surface area contributed by atoms with Gasteiger partial charge in [-0.3, -0.25) is 0 Å². The summed E-state index contributed by atoms with van der Waals surface area (Å²) in [6, 6.07) is 49.5. The SMILES string of the molecule is CCc1ccc2cnncc2c1N(c1c(CC)ccc2ncncc12)c1cc(N(c2c(CC)ccc3ncncc23)c2c(CC)ccc3ncncc23)c2ccc3c(N(c4c(CC)ccc5cnncc45)c4c(CC)ccc5ncncc45)cc(N(c4c(CC)ccc5ncncc45)c4c(CC)ccc5ncncc45)c4ccc1c2c34. The summed E-state index contributed by atoms with van der Waals surface area (Å²) in [5.74, 6) is 0. The molecule has 0 fully saturated rings. The predicted octanol–water partition coefficient (Wildman–Crippen LogP) is 22.5. The standard InChI is InChI=1S/C96H78N20/c1-9-55-17-19-63-39-109-111-47-69(63)89(55)113(91-57(11-3)21-31-77-71(91)41-97-49-103-77)83-37-85(115(93-59(13-5)23-33-79-73(93)43-99-51-105-79)94-60(14-6)24-34-80-74(94)44-100-52-106-80)67-30-28-66-84(114(90-56(10-2)18-20-64-40-110-112-48-70(64)90)92-58(12-4)22-32-78-72(92)42-98-50-104-78)38-86(68-29-27-65(83)87(67)88(66)68)116(95-61(15-7)25-35-81-75(95)45-101-53-107-81)96-62(16-8)26-36-82-76(96)46-102-54-108-82/h17-54H,9-16H2,1-8H3. The van der Waals surface area contributed by atoms with Gasteiger partial charge in [-0.05, 0) is 144 Å². The van der Waals surface area contributed by atoms with Gasteiger partial charge in [0, 0.05) is 123 Å². The lowest BCUT2D eigenvalue weighted by Crippen LogP contribution is -2.20. The first-order valence-electron chi connectivity index (χ1n) is 40.0. The first kappa shape index (κ1) is 70.7. The molecular formula is C96H78N20. The van der Waals surface area contributed by atoms with Crippen LogP contribution in [0.2, 0.25) is 0 Å². The minimum atomic E-state index is 0.658. The molecule has 116 heavy (non-hydrogen) atoms. The number of benzene rings is 12. The minimum Gasteiger partial charge on any atom is -0.308 e. The van der Waals surface area contributed by atoms with Crippen LogP contribution in [-0.4, -0.2) is 80.2 Å². The average Bonchev–Trinajstić information content (AvgIpc) is 0.689. The van der Waals surface area contributed by atoms with Crippen LogP contribution in [0.1, 0.15) is 99.9 Å². The van der Waals surface area contributed by atoms with Crippen LogP contribution >= 0.6 is 0 Å². The van der Waals surface area contributed by atoms with Gasteiger partial charge in [0.05, 0.1) is 126 Å². The molecule has 0 atom stereocenters. The maximum atomic E-state index is 5.09. The molecule has 562 valence electrons. The summed E-state index contributed by atoms with van der Waals surface area (Å²) in [6.45, 7) is 17.9. The number of aromatic nitrogens is 16. The molecule has 0 N–H and O–H groups in total. The zero-order chi connectivity index (χ0) is 78.4. The van der Waals surface area contributed by atoms with Crippen molar-refractivity contribution in [2.45, 2.75) is 107 Å². The number of hydrogen-bond donors (Lipinski definition) is 0. The van der Waals surface area contributed by atoms with Gasteiger partial charge in [-0.1, -0.05) is 140 Å². The molecule has 12 aromatic carbocycles. The zero-order valence-corrected chi connectivity index (χ0v) is 65.5. The molecule has 0 aliphatic heterocycles. The second kappa shape index (κ2) is 29.0. The van der Waals surface area contributed by atoms with Gasteiger partial charge in [-0.2, -0.15) is 20.4 Å². The van der Waals surface area contributed by atoms with Crippen LogP contribution in [0.5, 0.6) is 0 Å². The molecule has 0 bridgehead atoms. The molecule has 8 aromatic heterocycles. The molecule has 0 amide bonds. The number of aryl methyl sites for hydroxylation is 8. The van der Waals surface area contributed by atoms with Crippen LogP contribution < -0.4 is 19.6 Å². The number of rotatable bonds is 20. The number of fused-ring (bicyclic) bond motifs is 8. The van der Waals surface area contributed by atoms with E-state index < -0.39 is 0 Å². The highest BCUT2D eigenvalue weighted by Gasteiger charge is 2.36. The van der Waals surface area contributed by atoms with Crippen LogP contribution in [0.15, 0.2) is 233 Å². The number of nitrogens with zero attached hydrogens (tertiary/aromatic N) is 20.